The molecule has 0 spiro atoms. The average molecular weight is 456 g/mol. The van der Waals surface area contributed by atoms with Crippen molar-refractivity contribution in [3.05, 3.63) is 113 Å². The van der Waals surface area contributed by atoms with Gasteiger partial charge in [0.25, 0.3) is 0 Å². The molecule has 0 unspecified atom stereocenters. The fraction of sp³-hybridized carbons (Fsp3) is 0.207. The van der Waals surface area contributed by atoms with E-state index in [1.165, 1.54) is 22.4 Å². The third-order valence-electron chi connectivity index (χ3n) is 6.48. The number of carboxylic acid groups (broad SMARTS) is 1. The summed E-state index contributed by atoms with van der Waals surface area (Å²) >= 11 is 0. The molecule has 0 saturated heterocycles. The number of benzene rings is 4. The number of fused-ring (bicyclic) bond motifs is 2. The summed E-state index contributed by atoms with van der Waals surface area (Å²) in [6.07, 6.45) is 1.43. The first kappa shape index (κ1) is 22.1. The Morgan fingerprint density at radius 1 is 1.00 bits per heavy atom. The lowest BCUT2D eigenvalue weighted by atomic mass is 9.83. The van der Waals surface area contributed by atoms with Crippen molar-refractivity contribution in [2.45, 2.75) is 24.9 Å². The molecule has 34 heavy (non-hydrogen) atoms. The van der Waals surface area contributed by atoms with E-state index in [0.717, 1.165) is 30.3 Å². The van der Waals surface area contributed by atoms with Crippen LogP contribution in [-0.4, -0.2) is 30.3 Å². The van der Waals surface area contributed by atoms with E-state index >= 15 is 0 Å². The lowest BCUT2D eigenvalue weighted by Crippen LogP contribution is -2.36. The van der Waals surface area contributed by atoms with Gasteiger partial charge >= 0.3 is 5.97 Å². The van der Waals surface area contributed by atoms with Crippen LogP contribution in [0.2, 0.25) is 0 Å². The van der Waals surface area contributed by atoms with E-state index < -0.39 is 11.8 Å². The summed E-state index contributed by atoms with van der Waals surface area (Å²) < 4.78 is 20.5. The molecule has 0 radical (unpaired) electrons. The maximum absolute atomic E-state index is 14.2. The van der Waals surface area contributed by atoms with Crippen LogP contribution in [0.15, 0.2) is 84.9 Å². The minimum Gasteiger partial charge on any atom is -0.489 e. The molecule has 5 rings (SSSR count). The van der Waals surface area contributed by atoms with Crippen LogP contribution in [0.1, 0.15) is 39.4 Å². The number of rotatable bonds is 7. The highest BCUT2D eigenvalue weighted by Crippen LogP contribution is 2.40. The maximum Gasteiger partial charge on any atom is 0.335 e. The van der Waals surface area contributed by atoms with E-state index in [-0.39, 0.29) is 17.6 Å². The van der Waals surface area contributed by atoms with Crippen LogP contribution < -0.4 is 10.1 Å². The summed E-state index contributed by atoms with van der Waals surface area (Å²) in [5.74, 6) is -1.04. The van der Waals surface area contributed by atoms with Crippen molar-refractivity contribution in [1.29, 1.82) is 0 Å². The summed E-state index contributed by atoms with van der Waals surface area (Å²) in [4.78, 5) is 11.5. The highest BCUT2D eigenvalue weighted by atomic mass is 19.1. The standard InChI is InChI=1S/C29H26FNO3/c30-23-15-21(14-22(16-23)29(32)33)27-17-24(34-28-11-4-3-10-26(27)28)18-31-13-12-20-8-5-7-19-6-1-2-9-25(19)20/h1-11,14-16,24,27,31H,12-13,17-18H2,(H,32,33)/t24-,27+/m1/s1. The number of aromatic carboxylic acids is 1. The molecule has 0 saturated carbocycles. The van der Waals surface area contributed by atoms with Crippen LogP contribution in [0, 0.1) is 5.82 Å². The fourth-order valence-electron chi connectivity index (χ4n) is 4.87. The molecule has 0 fully saturated rings. The van der Waals surface area contributed by atoms with E-state index in [1.807, 2.05) is 24.3 Å². The van der Waals surface area contributed by atoms with Crippen molar-refractivity contribution < 1.29 is 19.0 Å². The van der Waals surface area contributed by atoms with Gasteiger partial charge in [-0.15, -0.1) is 0 Å². The molecule has 172 valence electrons. The Kier molecular flexibility index (Phi) is 6.28. The number of nitrogens with one attached hydrogen (secondary N) is 1. The molecular formula is C29H26FNO3. The smallest absolute Gasteiger partial charge is 0.335 e. The zero-order valence-electron chi connectivity index (χ0n) is 18.7. The number of carboxylic acids is 1. The first-order valence-electron chi connectivity index (χ1n) is 11.6. The lowest BCUT2D eigenvalue weighted by molar-refractivity contribution is 0.0696. The van der Waals surface area contributed by atoms with E-state index in [0.29, 0.717) is 18.5 Å². The van der Waals surface area contributed by atoms with E-state index in [1.54, 1.807) is 6.07 Å². The van der Waals surface area contributed by atoms with Gasteiger partial charge in [0.2, 0.25) is 0 Å². The summed E-state index contributed by atoms with van der Waals surface area (Å²) in [6, 6.07) is 26.6. The predicted molar refractivity (Wildman–Crippen MR) is 131 cm³/mol. The molecule has 4 aromatic rings. The second kappa shape index (κ2) is 9.65. The maximum atomic E-state index is 14.2. The number of hydrogen-bond acceptors (Lipinski definition) is 3. The normalized spacial score (nSPS) is 17.2. The van der Waals surface area contributed by atoms with Crippen molar-refractivity contribution in [2.24, 2.45) is 0 Å². The van der Waals surface area contributed by atoms with Gasteiger partial charge in [0.05, 0.1) is 5.56 Å². The lowest BCUT2D eigenvalue weighted by Gasteiger charge is -2.33. The second-order valence-electron chi connectivity index (χ2n) is 8.74. The van der Waals surface area contributed by atoms with Gasteiger partial charge in [-0.3, -0.25) is 0 Å². The van der Waals surface area contributed by atoms with Gasteiger partial charge in [-0.2, -0.15) is 0 Å². The Labute approximate surface area is 198 Å². The van der Waals surface area contributed by atoms with Crippen LogP contribution in [0.3, 0.4) is 0 Å². The first-order chi connectivity index (χ1) is 16.6. The van der Waals surface area contributed by atoms with Crippen LogP contribution in [0.25, 0.3) is 10.8 Å². The number of para-hydroxylation sites is 1. The van der Waals surface area contributed by atoms with Gasteiger partial charge < -0.3 is 15.2 Å². The molecule has 0 bridgehead atoms. The molecule has 4 nitrogen and oxygen atoms in total. The van der Waals surface area contributed by atoms with Crippen LogP contribution in [-0.2, 0) is 6.42 Å². The molecule has 0 aliphatic carbocycles. The fourth-order valence-corrected chi connectivity index (χ4v) is 4.87. The van der Waals surface area contributed by atoms with Crippen molar-refractivity contribution >= 4 is 16.7 Å². The van der Waals surface area contributed by atoms with Gasteiger partial charge in [0.15, 0.2) is 0 Å². The number of hydrogen-bond donors (Lipinski definition) is 2. The monoisotopic (exact) mass is 455 g/mol. The highest BCUT2D eigenvalue weighted by molar-refractivity contribution is 5.88. The van der Waals surface area contributed by atoms with Gasteiger partial charge in [-0.1, -0.05) is 60.7 Å². The Morgan fingerprint density at radius 3 is 2.68 bits per heavy atom. The van der Waals surface area contributed by atoms with Crippen molar-refractivity contribution in [3.63, 3.8) is 0 Å². The number of carbonyl (C=O) groups is 1. The second-order valence-corrected chi connectivity index (χ2v) is 8.74. The predicted octanol–water partition coefficient (Wildman–Crippen LogP) is 5.79. The van der Waals surface area contributed by atoms with Gasteiger partial charge in [-0.05, 0) is 65.6 Å². The van der Waals surface area contributed by atoms with Gasteiger partial charge in [0, 0.05) is 18.0 Å². The molecule has 0 amide bonds. The molecule has 1 aliphatic heterocycles. The minimum absolute atomic E-state index is 0.0382. The highest BCUT2D eigenvalue weighted by Gasteiger charge is 2.30. The number of ether oxygens (including phenoxy) is 1. The third-order valence-corrected chi connectivity index (χ3v) is 6.48. The molecular weight excluding hydrogens is 429 g/mol. The molecule has 1 heterocycles. The van der Waals surface area contributed by atoms with Crippen LogP contribution in [0.4, 0.5) is 4.39 Å². The zero-order chi connectivity index (χ0) is 23.5. The third kappa shape index (κ3) is 4.66. The summed E-state index contributed by atoms with van der Waals surface area (Å²) in [6.45, 7) is 1.46. The molecule has 1 aliphatic rings. The summed E-state index contributed by atoms with van der Waals surface area (Å²) in [5.41, 5.74) is 2.88. The Morgan fingerprint density at radius 2 is 1.79 bits per heavy atom. The summed E-state index contributed by atoms with van der Waals surface area (Å²) in [7, 11) is 0. The molecule has 2 N–H and O–H groups in total. The van der Waals surface area contributed by atoms with E-state index in [2.05, 4.69) is 47.8 Å². The van der Waals surface area contributed by atoms with Crippen LogP contribution in [0.5, 0.6) is 5.75 Å². The minimum atomic E-state index is -1.13. The SMILES string of the molecule is O=C(O)c1cc(F)cc([C@@H]2C[C@H](CNCCc3cccc4ccccc34)Oc3ccccc32)c1. The molecule has 0 aromatic heterocycles. The van der Waals surface area contributed by atoms with Crippen molar-refractivity contribution in [1.82, 2.24) is 5.32 Å². The largest absolute Gasteiger partial charge is 0.489 e. The van der Waals surface area contributed by atoms with Gasteiger partial charge in [0.1, 0.15) is 17.7 Å². The van der Waals surface area contributed by atoms with E-state index in [4.69, 9.17) is 4.74 Å². The first-order valence-corrected chi connectivity index (χ1v) is 11.6. The molecule has 2 atom stereocenters. The zero-order valence-corrected chi connectivity index (χ0v) is 18.7. The Hall–Kier alpha value is -3.70. The molecule has 4 aromatic carbocycles. The number of halogens is 1. The topological polar surface area (TPSA) is 58.6 Å². The van der Waals surface area contributed by atoms with Crippen molar-refractivity contribution in [3.8, 4) is 5.75 Å². The van der Waals surface area contributed by atoms with Crippen molar-refractivity contribution in [2.75, 3.05) is 13.1 Å². The van der Waals surface area contributed by atoms with E-state index in [9.17, 15) is 14.3 Å². The quantitative estimate of drug-likeness (QED) is 0.346. The van der Waals surface area contributed by atoms with Gasteiger partial charge in [-0.25, -0.2) is 9.18 Å². The Balaban J connectivity index is 1.30. The summed E-state index contributed by atoms with van der Waals surface area (Å²) in [5, 5.41) is 15.4. The Bertz CT molecular complexity index is 1330. The average Bonchev–Trinajstić information content (AvgIpc) is 2.85. The van der Waals surface area contributed by atoms with Crippen LogP contribution >= 0.6 is 0 Å². The molecule has 5 heteroatoms.